The molecule has 1 fully saturated rings. The van der Waals surface area contributed by atoms with Gasteiger partial charge in [0.1, 0.15) is 54.1 Å². The number of carbonyl (C=O) groups is 10. The number of phenols is 1. The highest BCUT2D eigenvalue weighted by Crippen LogP contribution is 2.22. The van der Waals surface area contributed by atoms with Crippen LogP contribution in [-0.2, 0) is 60.8 Å². The number of nitrogens with zero attached hydrogens (tertiary/aromatic N) is 3. The van der Waals surface area contributed by atoms with Crippen molar-refractivity contribution in [2.24, 2.45) is 34.2 Å². The van der Waals surface area contributed by atoms with Crippen LogP contribution in [0.3, 0.4) is 0 Å². The van der Waals surface area contributed by atoms with Crippen LogP contribution in [0.4, 0.5) is 0 Å². The maximum absolute atomic E-state index is 14.7. The molecule has 0 saturated carbocycles. The zero-order chi connectivity index (χ0) is 60.3. The minimum absolute atomic E-state index is 0.0289. The molecule has 0 aliphatic carbocycles. The molecule has 450 valence electrons. The molecule has 26 heteroatoms. The molecular weight excluding hydrogens is 1050 g/mol. The third kappa shape index (κ3) is 23.4. The van der Waals surface area contributed by atoms with E-state index >= 15 is 0 Å². The summed E-state index contributed by atoms with van der Waals surface area (Å²) in [5, 5.41) is 48.1. The normalized spacial score (nSPS) is 16.1. The van der Waals surface area contributed by atoms with Crippen molar-refractivity contribution in [3.8, 4) is 5.75 Å². The number of phenolic OH excluding ortho intramolecular Hbond substituents is 1. The molecule has 15 N–H and O–H groups in total. The van der Waals surface area contributed by atoms with Gasteiger partial charge in [-0.3, -0.25) is 48.1 Å². The summed E-state index contributed by atoms with van der Waals surface area (Å²) in [6, 6.07) is -4.86. The van der Waals surface area contributed by atoms with Crippen molar-refractivity contribution in [2.45, 2.75) is 193 Å². The molecule has 8 amide bonds. The number of rotatable bonds is 36. The number of nitrogens with two attached hydrogens (primary N) is 2. The monoisotopic (exact) mass is 1140 g/mol. The highest BCUT2D eigenvalue weighted by atomic mass is 16.4. The number of guanidine groups is 1. The van der Waals surface area contributed by atoms with Crippen LogP contribution in [0, 0.1) is 17.8 Å². The summed E-state index contributed by atoms with van der Waals surface area (Å²) in [5.74, 6) is -10.4. The molecule has 1 aromatic heterocycles. The molecular formula is C55H87N13O13. The quantitative estimate of drug-likeness (QED) is 0.0257. The Labute approximate surface area is 473 Å². The zero-order valence-corrected chi connectivity index (χ0v) is 47.8. The molecule has 1 aliphatic rings. The van der Waals surface area contributed by atoms with E-state index in [0.29, 0.717) is 30.5 Å². The Morgan fingerprint density at radius 2 is 1.33 bits per heavy atom. The van der Waals surface area contributed by atoms with Crippen molar-refractivity contribution in [3.63, 3.8) is 0 Å². The topological polar surface area (TPSA) is 412 Å². The van der Waals surface area contributed by atoms with E-state index in [1.165, 1.54) is 41.7 Å². The van der Waals surface area contributed by atoms with E-state index in [1.807, 2.05) is 20.8 Å². The summed E-state index contributed by atoms with van der Waals surface area (Å²) >= 11 is 0. The Bertz CT molecular complexity index is 2430. The van der Waals surface area contributed by atoms with Gasteiger partial charge >= 0.3 is 11.9 Å². The standard InChI is InChI=1S/C55H87N13O13/c1-8-10-11-12-13-18-43(70)61-39(28-44(71)72)48(74)62-37(16-14-23-59-55(56)57)47(73)66-45(32(5)6)51(77)63-38(26-34-19-21-36(69)22-20-34)49(75)67-46(33(7)9-2)52(78)64-40(27-35-29-58-30-60-35)53(79)68-24-15-17-42(68)50(76)65-41(54(80)81)25-31(3)4/h19-22,29-33,37-42,45-46,69H,8-18,23-28H2,1-7H3,(H,58,60)(H,61,70)(H,62,74)(H,63,77)(H,64,78)(H,65,76)(H,66,73)(H,67,75)(H,71,72)(H,80,81)(H4,56,57,59)/t33-,37-,38-,39-,40-,41-,42-,45-,46-/m0/s1. The molecule has 81 heavy (non-hydrogen) atoms. The molecule has 2 aromatic rings. The summed E-state index contributed by atoms with van der Waals surface area (Å²) in [4.78, 5) is 149. The average molecular weight is 1140 g/mol. The van der Waals surface area contributed by atoms with Gasteiger partial charge in [-0.1, -0.05) is 92.7 Å². The lowest BCUT2D eigenvalue weighted by atomic mass is 9.96. The van der Waals surface area contributed by atoms with E-state index in [-0.39, 0.29) is 75.7 Å². The van der Waals surface area contributed by atoms with E-state index in [1.54, 1.807) is 27.7 Å². The van der Waals surface area contributed by atoms with Crippen LogP contribution in [0.5, 0.6) is 5.75 Å². The Morgan fingerprint density at radius 1 is 0.716 bits per heavy atom. The Hall–Kier alpha value is -7.80. The molecule has 0 radical (unpaired) electrons. The van der Waals surface area contributed by atoms with Gasteiger partial charge in [-0.2, -0.15) is 0 Å². The summed E-state index contributed by atoms with van der Waals surface area (Å²) in [7, 11) is 0. The van der Waals surface area contributed by atoms with Crippen LogP contribution in [-0.4, -0.2) is 157 Å². The van der Waals surface area contributed by atoms with E-state index in [0.717, 1.165) is 25.7 Å². The summed E-state index contributed by atoms with van der Waals surface area (Å²) in [6.07, 6.45) is 7.16. The number of hydrogen-bond donors (Lipinski definition) is 13. The zero-order valence-electron chi connectivity index (χ0n) is 47.8. The van der Waals surface area contributed by atoms with Crippen LogP contribution in [0.1, 0.15) is 143 Å². The van der Waals surface area contributed by atoms with Gasteiger partial charge < -0.3 is 73.9 Å². The van der Waals surface area contributed by atoms with Gasteiger partial charge in [-0.15, -0.1) is 0 Å². The fourth-order valence-electron chi connectivity index (χ4n) is 9.21. The van der Waals surface area contributed by atoms with Crippen LogP contribution in [0.15, 0.2) is 41.8 Å². The molecule has 26 nitrogen and oxygen atoms in total. The first-order valence-corrected chi connectivity index (χ1v) is 28.0. The first kappa shape index (κ1) is 67.5. The number of carbonyl (C=O) groups excluding carboxylic acids is 8. The number of carboxylic acids is 2. The molecule has 2 heterocycles. The highest BCUT2D eigenvalue weighted by Gasteiger charge is 2.41. The lowest BCUT2D eigenvalue weighted by molar-refractivity contribution is -0.145. The average Bonchev–Trinajstić information content (AvgIpc) is 4.13. The third-order valence-corrected chi connectivity index (χ3v) is 13.9. The number of aromatic amines is 1. The van der Waals surface area contributed by atoms with Crippen molar-refractivity contribution in [1.82, 2.24) is 52.1 Å². The van der Waals surface area contributed by atoms with E-state index in [9.17, 15) is 63.3 Å². The second-order valence-corrected chi connectivity index (χ2v) is 21.5. The molecule has 1 saturated heterocycles. The van der Waals surface area contributed by atoms with Crippen LogP contribution >= 0.6 is 0 Å². The number of hydrogen-bond acceptors (Lipinski definition) is 13. The van der Waals surface area contributed by atoms with E-state index in [2.05, 4.69) is 52.2 Å². The van der Waals surface area contributed by atoms with Crippen molar-refractivity contribution >= 4 is 65.2 Å². The lowest BCUT2D eigenvalue weighted by Gasteiger charge is -2.32. The van der Waals surface area contributed by atoms with Gasteiger partial charge in [0.05, 0.1) is 12.7 Å². The van der Waals surface area contributed by atoms with Crippen molar-refractivity contribution in [1.29, 1.82) is 0 Å². The first-order chi connectivity index (χ1) is 38.3. The molecule has 9 atom stereocenters. The van der Waals surface area contributed by atoms with Crippen LogP contribution in [0.25, 0.3) is 0 Å². The maximum atomic E-state index is 14.7. The predicted molar refractivity (Wildman–Crippen MR) is 299 cm³/mol. The summed E-state index contributed by atoms with van der Waals surface area (Å²) in [5.41, 5.74) is 11.9. The van der Waals surface area contributed by atoms with Crippen LogP contribution in [0.2, 0.25) is 0 Å². The van der Waals surface area contributed by atoms with Gasteiger partial charge in [0.2, 0.25) is 47.3 Å². The Balaban J connectivity index is 1.94. The number of unbranched alkanes of at least 4 members (excludes halogenated alkanes) is 4. The number of imidazole rings is 1. The number of aliphatic carboxylic acids is 2. The number of aromatic hydroxyl groups is 1. The van der Waals surface area contributed by atoms with Gasteiger partial charge in [0.25, 0.3) is 0 Å². The fourth-order valence-corrected chi connectivity index (χ4v) is 9.21. The highest BCUT2D eigenvalue weighted by molar-refractivity contribution is 5.98. The molecule has 1 aliphatic heterocycles. The molecule has 1 aromatic carbocycles. The van der Waals surface area contributed by atoms with Crippen molar-refractivity contribution in [3.05, 3.63) is 48.0 Å². The lowest BCUT2D eigenvalue weighted by Crippen LogP contribution is -2.62. The smallest absolute Gasteiger partial charge is 0.326 e. The molecule has 0 unspecified atom stereocenters. The van der Waals surface area contributed by atoms with Crippen LogP contribution < -0.4 is 48.7 Å². The van der Waals surface area contributed by atoms with Crippen molar-refractivity contribution in [2.75, 3.05) is 13.1 Å². The molecule has 0 bridgehead atoms. The van der Waals surface area contributed by atoms with Gasteiger partial charge in [-0.25, -0.2) is 9.78 Å². The third-order valence-electron chi connectivity index (χ3n) is 13.9. The molecule has 3 rings (SSSR count). The predicted octanol–water partition coefficient (Wildman–Crippen LogP) is 1.01. The number of aromatic nitrogens is 2. The minimum atomic E-state index is -1.56. The number of likely N-dealkylation sites (tertiary alicyclic amines) is 1. The van der Waals surface area contributed by atoms with Gasteiger partial charge in [-0.05, 0) is 74.0 Å². The SMILES string of the molecule is CCCCCCCC(=O)N[C@@H](CC(=O)O)C(=O)N[C@@H](CCCN=C(N)N)C(=O)N[C@H](C(=O)N[C@@H](Cc1ccc(O)cc1)C(=O)N[C@H](C(=O)N[C@@H](Cc1cnc[nH]1)C(=O)N1CCC[C@H]1C(=O)N[C@@H](CC(C)C)C(=O)O)[C@@H](C)CC)C(C)C. The second-order valence-electron chi connectivity index (χ2n) is 21.5. The number of nitrogens with one attached hydrogen (secondary N) is 8. The largest absolute Gasteiger partial charge is 0.508 e. The first-order valence-electron chi connectivity index (χ1n) is 28.0. The number of H-pyrrole nitrogens is 1. The Morgan fingerprint density at radius 3 is 1.93 bits per heavy atom. The molecule has 0 spiro atoms. The summed E-state index contributed by atoms with van der Waals surface area (Å²) in [6.45, 7) is 12.6. The van der Waals surface area contributed by atoms with Gasteiger partial charge in [0.15, 0.2) is 5.96 Å². The van der Waals surface area contributed by atoms with Crippen molar-refractivity contribution < 1.29 is 63.3 Å². The number of amides is 8. The number of aliphatic imine (C=N–C) groups is 1. The van der Waals surface area contributed by atoms with E-state index < -0.39 is 126 Å². The second kappa shape index (κ2) is 34.4. The Kier molecular flexibility index (Phi) is 28.6. The summed E-state index contributed by atoms with van der Waals surface area (Å²) < 4.78 is 0. The van der Waals surface area contributed by atoms with E-state index in [4.69, 9.17) is 11.5 Å². The maximum Gasteiger partial charge on any atom is 0.326 e. The number of benzene rings is 1. The number of carboxylic acid groups (broad SMARTS) is 2. The van der Waals surface area contributed by atoms with Gasteiger partial charge in [0, 0.05) is 44.2 Å². The minimum Gasteiger partial charge on any atom is -0.508 e. The fraction of sp³-hybridized carbons (Fsp3) is 0.636.